The van der Waals surface area contributed by atoms with Gasteiger partial charge in [-0.2, -0.15) is 0 Å². The summed E-state index contributed by atoms with van der Waals surface area (Å²) in [5, 5.41) is 4.72. The Morgan fingerprint density at radius 1 is 1.28 bits per heavy atom. The number of hydrogen-bond acceptors (Lipinski definition) is 5. The Bertz CT molecular complexity index is 948. The minimum atomic E-state index is -0.137. The van der Waals surface area contributed by atoms with Crippen molar-refractivity contribution in [3.63, 3.8) is 0 Å². The molecule has 0 aliphatic rings. The molecule has 0 aliphatic heterocycles. The number of amides is 1. The lowest BCUT2D eigenvalue weighted by Gasteiger charge is -2.14. The minimum Gasteiger partial charge on any atom is -0.378 e. The van der Waals surface area contributed by atoms with Gasteiger partial charge in [0.15, 0.2) is 0 Å². The molecule has 130 valence electrons. The maximum atomic E-state index is 11.3. The normalized spacial score (nSPS) is 10.9. The van der Waals surface area contributed by atoms with Gasteiger partial charge in [-0.1, -0.05) is 0 Å². The van der Waals surface area contributed by atoms with E-state index in [0.29, 0.717) is 5.82 Å². The summed E-state index contributed by atoms with van der Waals surface area (Å²) in [6.45, 7) is 1.48. The number of hydrogen-bond donors (Lipinski definition) is 1. The van der Waals surface area contributed by atoms with E-state index in [1.807, 2.05) is 38.0 Å². The van der Waals surface area contributed by atoms with E-state index < -0.39 is 0 Å². The van der Waals surface area contributed by atoms with Crippen LogP contribution in [0.25, 0.3) is 22.2 Å². The van der Waals surface area contributed by atoms with Crippen LogP contribution in [-0.4, -0.2) is 40.8 Å². The average molecular weight is 355 g/mol. The lowest BCUT2D eigenvalue weighted by Crippen LogP contribution is -2.09. The first-order valence-corrected chi connectivity index (χ1v) is 9.08. The first-order chi connectivity index (χ1) is 11.9. The monoisotopic (exact) mass is 355 g/mol. The molecule has 0 saturated heterocycles. The van der Waals surface area contributed by atoms with E-state index in [2.05, 4.69) is 33.5 Å². The van der Waals surface area contributed by atoms with Gasteiger partial charge in [-0.15, -0.1) is 11.8 Å². The van der Waals surface area contributed by atoms with Crippen molar-refractivity contribution in [3.8, 4) is 11.3 Å². The number of aromatic nitrogens is 3. The topological polar surface area (TPSA) is 63.1 Å². The van der Waals surface area contributed by atoms with Crippen LogP contribution in [0.3, 0.4) is 0 Å². The van der Waals surface area contributed by atoms with Gasteiger partial charge in [0.05, 0.1) is 22.4 Å². The summed E-state index contributed by atoms with van der Waals surface area (Å²) in [6, 6.07) is 6.05. The molecule has 0 aromatic carbocycles. The van der Waals surface area contributed by atoms with Gasteiger partial charge < -0.3 is 14.8 Å². The first kappa shape index (κ1) is 17.3. The standard InChI is InChI=1S/C18H21N5OS/c1-11(24)20-17-8-13-14(10-23(4)16(13)9-19-17)15-6-12(22(2)3)7-18(21-15)25-5/h6-10H,1-5H3,(H,19,20,24). The number of nitrogens with one attached hydrogen (secondary N) is 1. The Hall–Kier alpha value is -2.54. The molecular weight excluding hydrogens is 334 g/mol. The highest BCUT2D eigenvalue weighted by molar-refractivity contribution is 7.98. The Balaban J connectivity index is 2.21. The van der Waals surface area contributed by atoms with E-state index in [4.69, 9.17) is 4.98 Å². The Kier molecular flexibility index (Phi) is 4.67. The molecule has 0 saturated carbocycles. The van der Waals surface area contributed by atoms with E-state index in [9.17, 15) is 4.79 Å². The highest BCUT2D eigenvalue weighted by Crippen LogP contribution is 2.33. The van der Waals surface area contributed by atoms with Crippen LogP contribution in [0.5, 0.6) is 0 Å². The number of anilines is 2. The van der Waals surface area contributed by atoms with Crippen LogP contribution in [0.15, 0.2) is 35.6 Å². The number of rotatable bonds is 4. The lowest BCUT2D eigenvalue weighted by atomic mass is 10.1. The van der Waals surface area contributed by atoms with E-state index >= 15 is 0 Å². The fourth-order valence-corrected chi connectivity index (χ4v) is 3.15. The predicted octanol–water partition coefficient (Wildman–Crippen LogP) is 3.38. The number of fused-ring (bicyclic) bond motifs is 1. The molecule has 0 unspecified atom stereocenters. The molecule has 0 atom stereocenters. The van der Waals surface area contributed by atoms with Gasteiger partial charge in [-0.25, -0.2) is 9.97 Å². The number of nitrogens with zero attached hydrogens (tertiary/aromatic N) is 4. The zero-order valence-corrected chi connectivity index (χ0v) is 15.8. The van der Waals surface area contributed by atoms with E-state index in [1.165, 1.54) is 6.92 Å². The van der Waals surface area contributed by atoms with E-state index in [0.717, 1.165) is 32.9 Å². The largest absolute Gasteiger partial charge is 0.378 e. The van der Waals surface area contributed by atoms with Crippen molar-refractivity contribution in [2.45, 2.75) is 11.9 Å². The van der Waals surface area contributed by atoms with Gasteiger partial charge in [0, 0.05) is 50.9 Å². The summed E-state index contributed by atoms with van der Waals surface area (Å²) < 4.78 is 2.03. The van der Waals surface area contributed by atoms with Crippen LogP contribution in [0.4, 0.5) is 11.5 Å². The number of thioether (sulfide) groups is 1. The summed E-state index contributed by atoms with van der Waals surface area (Å²) in [4.78, 5) is 22.5. The van der Waals surface area contributed by atoms with Crippen molar-refractivity contribution in [1.82, 2.24) is 14.5 Å². The predicted molar refractivity (Wildman–Crippen MR) is 104 cm³/mol. The molecule has 3 aromatic heterocycles. The van der Waals surface area contributed by atoms with Crippen molar-refractivity contribution in [2.75, 3.05) is 30.6 Å². The first-order valence-electron chi connectivity index (χ1n) is 7.85. The fourth-order valence-electron chi connectivity index (χ4n) is 2.72. The number of carbonyl (C=O) groups excluding carboxylic acids is 1. The Labute approximate surface area is 151 Å². The van der Waals surface area contributed by atoms with Crippen molar-refractivity contribution in [2.24, 2.45) is 7.05 Å². The van der Waals surface area contributed by atoms with Crippen LogP contribution < -0.4 is 10.2 Å². The van der Waals surface area contributed by atoms with E-state index in [1.54, 1.807) is 18.0 Å². The molecule has 0 aliphatic carbocycles. The molecule has 3 heterocycles. The zero-order valence-electron chi connectivity index (χ0n) is 15.0. The Morgan fingerprint density at radius 2 is 2.04 bits per heavy atom. The number of pyridine rings is 2. The molecule has 3 aromatic rings. The summed E-state index contributed by atoms with van der Waals surface area (Å²) in [6.07, 6.45) is 5.85. The van der Waals surface area contributed by atoms with Crippen molar-refractivity contribution in [3.05, 3.63) is 30.6 Å². The molecule has 1 N–H and O–H groups in total. The van der Waals surface area contributed by atoms with Gasteiger partial charge in [-0.3, -0.25) is 4.79 Å². The highest BCUT2D eigenvalue weighted by Gasteiger charge is 2.14. The quantitative estimate of drug-likeness (QED) is 0.727. The molecule has 6 nitrogen and oxygen atoms in total. The minimum absolute atomic E-state index is 0.137. The smallest absolute Gasteiger partial charge is 0.222 e. The third-order valence-electron chi connectivity index (χ3n) is 3.97. The Morgan fingerprint density at radius 3 is 2.68 bits per heavy atom. The molecule has 1 amide bonds. The number of aryl methyl sites for hydroxylation is 1. The van der Waals surface area contributed by atoms with Gasteiger partial charge in [0.1, 0.15) is 5.82 Å². The maximum Gasteiger partial charge on any atom is 0.222 e. The average Bonchev–Trinajstić information content (AvgIpc) is 2.90. The molecule has 25 heavy (non-hydrogen) atoms. The third kappa shape index (κ3) is 3.46. The molecule has 0 fully saturated rings. The van der Waals surface area contributed by atoms with Crippen LogP contribution in [0.1, 0.15) is 6.92 Å². The van der Waals surface area contributed by atoms with Crippen molar-refractivity contribution in [1.29, 1.82) is 0 Å². The van der Waals surface area contributed by atoms with Crippen molar-refractivity contribution >= 4 is 40.1 Å². The zero-order chi connectivity index (χ0) is 18.1. The molecule has 7 heteroatoms. The SMILES string of the molecule is CSc1cc(N(C)C)cc(-c2cn(C)c3cnc(NC(C)=O)cc23)n1. The van der Waals surface area contributed by atoms with Gasteiger partial charge in [0.2, 0.25) is 5.91 Å². The second-order valence-corrected chi connectivity index (χ2v) is 6.90. The maximum absolute atomic E-state index is 11.3. The molecule has 0 spiro atoms. The van der Waals surface area contributed by atoms with Gasteiger partial charge in [0.25, 0.3) is 0 Å². The summed E-state index contributed by atoms with van der Waals surface area (Å²) in [5.74, 6) is 0.406. The van der Waals surface area contributed by atoms with Gasteiger partial charge in [-0.05, 0) is 24.5 Å². The lowest BCUT2D eigenvalue weighted by molar-refractivity contribution is -0.114. The van der Waals surface area contributed by atoms with Crippen LogP contribution >= 0.6 is 11.8 Å². The second kappa shape index (κ2) is 6.76. The van der Waals surface area contributed by atoms with Gasteiger partial charge >= 0.3 is 0 Å². The van der Waals surface area contributed by atoms with E-state index in [-0.39, 0.29) is 5.91 Å². The highest BCUT2D eigenvalue weighted by atomic mass is 32.2. The molecule has 0 bridgehead atoms. The summed E-state index contributed by atoms with van der Waals surface area (Å²) in [7, 11) is 6.02. The van der Waals surface area contributed by atoms with Crippen LogP contribution in [0.2, 0.25) is 0 Å². The van der Waals surface area contributed by atoms with Crippen LogP contribution in [0, 0.1) is 0 Å². The summed E-state index contributed by atoms with van der Waals surface area (Å²) >= 11 is 1.62. The molecular formula is C18H21N5OS. The summed E-state index contributed by atoms with van der Waals surface area (Å²) in [5.41, 5.74) is 4.01. The molecule has 3 rings (SSSR count). The van der Waals surface area contributed by atoms with Crippen LogP contribution in [-0.2, 0) is 11.8 Å². The second-order valence-electron chi connectivity index (χ2n) is 6.07. The van der Waals surface area contributed by atoms with Crippen molar-refractivity contribution < 1.29 is 4.79 Å². The molecule has 0 radical (unpaired) electrons. The fraction of sp³-hybridized carbons (Fsp3) is 0.278. The number of carbonyl (C=O) groups is 1. The third-order valence-corrected chi connectivity index (χ3v) is 4.60.